The highest BCUT2D eigenvalue weighted by atomic mass is 16.3. The average Bonchev–Trinajstić information content (AvgIpc) is 2.07. The molecule has 12 heavy (non-hydrogen) atoms. The molecule has 62 valence electrons. The Hall–Kier alpha value is -1.31. The van der Waals surface area contributed by atoms with E-state index in [4.69, 9.17) is 0 Å². The van der Waals surface area contributed by atoms with E-state index in [0.717, 1.165) is 5.71 Å². The molecule has 1 aliphatic carbocycles. The first kappa shape index (κ1) is 7.35. The molecule has 1 aliphatic heterocycles. The molecule has 0 fully saturated rings. The third kappa shape index (κ3) is 1.09. The molecule has 2 aliphatic rings. The predicted molar refractivity (Wildman–Crippen MR) is 49.4 cm³/mol. The number of nitrogens with zero attached hydrogens (tertiary/aromatic N) is 1. The quantitative estimate of drug-likeness (QED) is 0.579. The maximum atomic E-state index is 9.49. The van der Waals surface area contributed by atoms with Gasteiger partial charge < -0.3 is 5.11 Å². The minimum absolute atomic E-state index is 0.0694. The van der Waals surface area contributed by atoms with E-state index in [0.29, 0.717) is 5.76 Å². The molecular weight excluding hydrogens is 150 g/mol. The zero-order valence-electron chi connectivity index (χ0n) is 6.94. The summed E-state index contributed by atoms with van der Waals surface area (Å²) in [4.78, 5) is 4.35. The van der Waals surface area contributed by atoms with E-state index in [1.54, 1.807) is 6.08 Å². The van der Waals surface area contributed by atoms with Gasteiger partial charge in [0.1, 0.15) is 11.8 Å². The Morgan fingerprint density at radius 3 is 3.08 bits per heavy atom. The van der Waals surface area contributed by atoms with Crippen LogP contribution in [0, 0.1) is 5.92 Å². The van der Waals surface area contributed by atoms with Crippen LogP contribution in [0.2, 0.25) is 0 Å². The second-order valence-corrected chi connectivity index (χ2v) is 3.13. The van der Waals surface area contributed by atoms with Gasteiger partial charge in [0.2, 0.25) is 0 Å². The highest BCUT2D eigenvalue weighted by Crippen LogP contribution is 2.24. The van der Waals surface area contributed by atoms with Crippen LogP contribution >= 0.6 is 0 Å². The Bertz CT molecular complexity index is 310. The summed E-state index contributed by atoms with van der Waals surface area (Å²) in [6, 6.07) is -0.0694. The summed E-state index contributed by atoms with van der Waals surface area (Å²) in [7, 11) is 0. The van der Waals surface area contributed by atoms with Gasteiger partial charge in [0.25, 0.3) is 0 Å². The molecule has 0 bridgehead atoms. The molecule has 2 nitrogen and oxygen atoms in total. The molecule has 2 rings (SSSR count). The fourth-order valence-corrected chi connectivity index (χ4v) is 1.52. The summed E-state index contributed by atoms with van der Waals surface area (Å²) in [5.74, 6) is 0.616. The first-order valence-electron chi connectivity index (χ1n) is 4.07. The molecule has 0 aromatic heterocycles. The van der Waals surface area contributed by atoms with Gasteiger partial charge in [-0.1, -0.05) is 18.2 Å². The van der Waals surface area contributed by atoms with Gasteiger partial charge in [0, 0.05) is 11.6 Å². The lowest BCUT2D eigenvalue weighted by Gasteiger charge is -2.23. The van der Waals surface area contributed by atoms with Crippen molar-refractivity contribution in [3.63, 3.8) is 0 Å². The molecule has 0 spiro atoms. The van der Waals surface area contributed by atoms with Gasteiger partial charge in [-0.15, -0.1) is 0 Å². The molecule has 2 atom stereocenters. The fourth-order valence-electron chi connectivity index (χ4n) is 1.52. The first-order valence-corrected chi connectivity index (χ1v) is 4.07. The second-order valence-electron chi connectivity index (χ2n) is 3.13. The predicted octanol–water partition coefficient (Wildman–Crippen LogP) is 2.01. The summed E-state index contributed by atoms with van der Waals surface area (Å²) >= 11 is 0. The number of dihydropyridines is 1. The molecule has 2 unspecified atom stereocenters. The topological polar surface area (TPSA) is 32.6 Å². The van der Waals surface area contributed by atoms with Gasteiger partial charge in [-0.05, 0) is 19.1 Å². The van der Waals surface area contributed by atoms with Crippen molar-refractivity contribution in [1.82, 2.24) is 0 Å². The van der Waals surface area contributed by atoms with Crippen molar-refractivity contribution in [3.05, 3.63) is 36.1 Å². The lowest BCUT2D eigenvalue weighted by molar-refractivity contribution is 0.348. The third-order valence-electron chi connectivity index (χ3n) is 2.17. The lowest BCUT2D eigenvalue weighted by atomic mass is 9.91. The summed E-state index contributed by atoms with van der Waals surface area (Å²) in [6.07, 6.45) is 9.70. The number of aliphatic imine (C=N–C) groups is 1. The highest BCUT2D eigenvalue weighted by molar-refractivity contribution is 5.93. The summed E-state index contributed by atoms with van der Waals surface area (Å²) in [6.45, 7) is 1.94. The second kappa shape index (κ2) is 2.63. The number of hydrogen-bond donors (Lipinski definition) is 1. The molecule has 1 heterocycles. The summed E-state index contributed by atoms with van der Waals surface area (Å²) in [5, 5.41) is 9.49. The standard InChI is InChI=1S/C10H11NO/c1-7-5-6-8-3-2-4-9(12)10(8)11-7/h2-6,8,10,12H,1H3. The number of fused-ring (bicyclic) bond motifs is 1. The van der Waals surface area contributed by atoms with E-state index in [-0.39, 0.29) is 12.0 Å². The molecule has 0 radical (unpaired) electrons. The number of aliphatic hydroxyl groups excluding tert-OH is 1. The molecule has 0 saturated carbocycles. The van der Waals surface area contributed by atoms with Crippen molar-refractivity contribution >= 4 is 5.71 Å². The summed E-state index contributed by atoms with van der Waals surface area (Å²) < 4.78 is 0. The highest BCUT2D eigenvalue weighted by Gasteiger charge is 2.24. The van der Waals surface area contributed by atoms with Gasteiger partial charge in [0.05, 0.1) is 0 Å². The average molecular weight is 161 g/mol. The van der Waals surface area contributed by atoms with Crippen LogP contribution in [0.4, 0.5) is 0 Å². The Morgan fingerprint density at radius 1 is 1.42 bits per heavy atom. The zero-order valence-corrected chi connectivity index (χ0v) is 6.94. The van der Waals surface area contributed by atoms with Crippen LogP contribution in [0.5, 0.6) is 0 Å². The van der Waals surface area contributed by atoms with Crippen molar-refractivity contribution in [1.29, 1.82) is 0 Å². The molecule has 0 saturated heterocycles. The number of aliphatic hydroxyl groups is 1. The van der Waals surface area contributed by atoms with Crippen LogP contribution in [0.1, 0.15) is 6.92 Å². The molecule has 1 N–H and O–H groups in total. The van der Waals surface area contributed by atoms with Crippen LogP contribution in [-0.2, 0) is 0 Å². The van der Waals surface area contributed by atoms with Gasteiger partial charge in [-0.2, -0.15) is 0 Å². The Kier molecular flexibility index (Phi) is 1.61. The van der Waals surface area contributed by atoms with Crippen molar-refractivity contribution in [2.75, 3.05) is 0 Å². The first-order chi connectivity index (χ1) is 5.77. The Morgan fingerprint density at radius 2 is 2.25 bits per heavy atom. The minimum atomic E-state index is -0.0694. The van der Waals surface area contributed by atoms with Gasteiger partial charge >= 0.3 is 0 Å². The van der Waals surface area contributed by atoms with Gasteiger partial charge in [-0.25, -0.2) is 0 Å². The van der Waals surface area contributed by atoms with Crippen LogP contribution in [-0.4, -0.2) is 16.9 Å². The van der Waals surface area contributed by atoms with E-state index in [1.165, 1.54) is 0 Å². The fraction of sp³-hybridized carbons (Fsp3) is 0.300. The molecule has 2 heteroatoms. The number of hydrogen-bond acceptors (Lipinski definition) is 2. The van der Waals surface area contributed by atoms with Crippen molar-refractivity contribution in [3.8, 4) is 0 Å². The van der Waals surface area contributed by atoms with E-state index in [2.05, 4.69) is 17.1 Å². The van der Waals surface area contributed by atoms with Crippen molar-refractivity contribution in [2.24, 2.45) is 10.9 Å². The monoisotopic (exact) mass is 161 g/mol. The molecular formula is C10H11NO. The van der Waals surface area contributed by atoms with Crippen LogP contribution in [0.3, 0.4) is 0 Å². The molecule has 0 amide bonds. The van der Waals surface area contributed by atoms with E-state index >= 15 is 0 Å². The van der Waals surface area contributed by atoms with Crippen LogP contribution in [0.15, 0.2) is 41.1 Å². The van der Waals surface area contributed by atoms with Crippen LogP contribution in [0.25, 0.3) is 0 Å². The van der Waals surface area contributed by atoms with Crippen molar-refractivity contribution in [2.45, 2.75) is 13.0 Å². The van der Waals surface area contributed by atoms with E-state index < -0.39 is 0 Å². The van der Waals surface area contributed by atoms with Gasteiger partial charge in [0.15, 0.2) is 0 Å². The van der Waals surface area contributed by atoms with E-state index in [9.17, 15) is 5.11 Å². The normalized spacial score (nSPS) is 32.4. The van der Waals surface area contributed by atoms with Crippen molar-refractivity contribution < 1.29 is 5.11 Å². The largest absolute Gasteiger partial charge is 0.510 e. The molecule has 0 aromatic carbocycles. The number of rotatable bonds is 0. The van der Waals surface area contributed by atoms with Crippen LogP contribution < -0.4 is 0 Å². The summed E-state index contributed by atoms with van der Waals surface area (Å²) in [5.41, 5.74) is 0.978. The minimum Gasteiger partial charge on any atom is -0.510 e. The Balaban J connectivity index is 2.34. The van der Waals surface area contributed by atoms with Gasteiger partial charge in [-0.3, -0.25) is 4.99 Å². The number of allylic oxidation sites excluding steroid dienone is 3. The zero-order chi connectivity index (χ0) is 8.55. The lowest BCUT2D eigenvalue weighted by Crippen LogP contribution is -2.23. The Labute approximate surface area is 71.6 Å². The van der Waals surface area contributed by atoms with E-state index in [1.807, 2.05) is 19.1 Å². The smallest absolute Gasteiger partial charge is 0.118 e. The third-order valence-corrected chi connectivity index (χ3v) is 2.17. The SMILES string of the molecule is CC1=NC2C(O)=CC=CC2C=C1. The maximum absolute atomic E-state index is 9.49. The maximum Gasteiger partial charge on any atom is 0.118 e. The molecule has 0 aromatic rings.